The number of carbonyl (C=O) groups excluding carboxylic acids is 1. The van der Waals surface area contributed by atoms with Gasteiger partial charge in [-0.15, -0.1) is 16.0 Å². The second-order valence-corrected chi connectivity index (χ2v) is 9.54. The second-order valence-electron chi connectivity index (χ2n) is 7.67. The molecule has 1 amide bonds. The highest BCUT2D eigenvalue weighted by molar-refractivity contribution is 7.90. The average Bonchev–Trinajstić information content (AvgIpc) is 2.65. The molecule has 7 nitrogen and oxygen atoms in total. The van der Waals surface area contributed by atoms with E-state index in [1.807, 2.05) is 0 Å². The van der Waals surface area contributed by atoms with Gasteiger partial charge in [0, 0.05) is 26.2 Å². The summed E-state index contributed by atoms with van der Waals surface area (Å²) in [4.78, 5) is 12.8. The Hall–Kier alpha value is -1.80. The normalized spacial score (nSPS) is 16.9. The predicted octanol–water partition coefficient (Wildman–Crippen LogP) is 2.75. The number of nitrogens with one attached hydrogen (secondary N) is 1. The van der Waals surface area contributed by atoms with Crippen molar-refractivity contribution in [1.29, 1.82) is 0 Å². The number of halogens is 1. The van der Waals surface area contributed by atoms with Gasteiger partial charge in [-0.1, -0.05) is 26.2 Å². The Kier molecular flexibility index (Phi) is 7.33. The lowest BCUT2D eigenvalue weighted by atomic mass is 9.71. The molecule has 2 rings (SSSR count). The summed E-state index contributed by atoms with van der Waals surface area (Å²) in [5.41, 5.74) is 0.979. The summed E-state index contributed by atoms with van der Waals surface area (Å²) >= 11 is 5.51. The third-order valence-electron chi connectivity index (χ3n) is 5.10. The molecule has 156 valence electrons. The number of amides is 1. The minimum absolute atomic E-state index is 0.0127. The molecule has 0 bridgehead atoms. The van der Waals surface area contributed by atoms with E-state index in [-0.39, 0.29) is 22.7 Å². The van der Waals surface area contributed by atoms with Crippen LogP contribution in [0.25, 0.3) is 0 Å². The molecule has 0 aliphatic heterocycles. The van der Waals surface area contributed by atoms with E-state index in [9.17, 15) is 18.3 Å². The molecule has 0 radical (unpaired) electrons. The summed E-state index contributed by atoms with van der Waals surface area (Å²) in [6.07, 6.45) is 6.34. The molecule has 0 saturated heterocycles. The van der Waals surface area contributed by atoms with Gasteiger partial charge >= 0.3 is 0 Å². The highest BCUT2D eigenvalue weighted by atomic mass is 35.5. The molecule has 0 spiro atoms. The zero-order chi connectivity index (χ0) is 20.9. The standard InChI is InChI=1S/C19H28ClN3O4S/c1-19(7-5-4-6-8-19)15-9-14(12-21-17(24)11-20)18(25)16(10-15)28(26,27)22-13-23(2)3/h9-10,13,25H,4-8,11-12H2,1-3H3,(H,21,24). The van der Waals surface area contributed by atoms with E-state index in [0.29, 0.717) is 5.56 Å². The fraction of sp³-hybridized carbons (Fsp3) is 0.579. The molecule has 0 unspecified atom stereocenters. The first-order chi connectivity index (χ1) is 13.1. The van der Waals surface area contributed by atoms with Crippen LogP contribution in [0.4, 0.5) is 0 Å². The molecule has 1 aliphatic carbocycles. The van der Waals surface area contributed by atoms with Crippen LogP contribution in [0.15, 0.2) is 21.4 Å². The summed E-state index contributed by atoms with van der Waals surface area (Å²) < 4.78 is 29.2. The molecule has 2 N–H and O–H groups in total. The number of aromatic hydroxyl groups is 1. The number of hydrogen-bond donors (Lipinski definition) is 2. The van der Waals surface area contributed by atoms with Gasteiger partial charge in [0.1, 0.15) is 22.9 Å². The third kappa shape index (κ3) is 5.38. The fourth-order valence-electron chi connectivity index (χ4n) is 3.42. The Morgan fingerprint density at radius 1 is 1.32 bits per heavy atom. The zero-order valence-corrected chi connectivity index (χ0v) is 18.1. The maximum Gasteiger partial charge on any atom is 0.287 e. The summed E-state index contributed by atoms with van der Waals surface area (Å²) in [5, 5.41) is 13.2. The molecule has 1 aromatic rings. The number of carbonyl (C=O) groups is 1. The van der Waals surface area contributed by atoms with Crippen molar-refractivity contribution in [3.05, 3.63) is 23.3 Å². The van der Waals surface area contributed by atoms with Crippen molar-refractivity contribution < 1.29 is 18.3 Å². The number of hydrogen-bond acceptors (Lipinski definition) is 4. The largest absolute Gasteiger partial charge is 0.506 e. The van der Waals surface area contributed by atoms with Crippen molar-refractivity contribution in [2.24, 2.45) is 4.40 Å². The van der Waals surface area contributed by atoms with Gasteiger partial charge in [0.05, 0.1) is 0 Å². The van der Waals surface area contributed by atoms with Gasteiger partial charge in [-0.3, -0.25) is 4.79 Å². The lowest BCUT2D eigenvalue weighted by Crippen LogP contribution is -2.27. The summed E-state index contributed by atoms with van der Waals surface area (Å²) in [5.74, 6) is -1.00. The smallest absolute Gasteiger partial charge is 0.287 e. The Balaban J connectivity index is 2.56. The highest BCUT2D eigenvalue weighted by Gasteiger charge is 2.32. The fourth-order valence-corrected chi connectivity index (χ4v) is 4.59. The average molecular weight is 430 g/mol. The van der Waals surface area contributed by atoms with Gasteiger partial charge in [-0.2, -0.15) is 8.42 Å². The number of phenolic OH excluding ortho intramolecular Hbond substituents is 1. The van der Waals surface area contributed by atoms with Crippen LogP contribution in [0.3, 0.4) is 0 Å². The van der Waals surface area contributed by atoms with E-state index < -0.39 is 21.7 Å². The van der Waals surface area contributed by atoms with Crippen LogP contribution in [0.2, 0.25) is 0 Å². The van der Waals surface area contributed by atoms with Crippen LogP contribution in [0, 0.1) is 0 Å². The van der Waals surface area contributed by atoms with E-state index in [2.05, 4.69) is 16.6 Å². The highest BCUT2D eigenvalue weighted by Crippen LogP contribution is 2.42. The quantitative estimate of drug-likeness (QED) is 0.394. The summed E-state index contributed by atoms with van der Waals surface area (Å²) in [6.45, 7) is 2.10. The number of benzene rings is 1. The van der Waals surface area contributed by atoms with Gasteiger partial charge in [0.15, 0.2) is 0 Å². The van der Waals surface area contributed by atoms with E-state index in [1.54, 1.807) is 20.2 Å². The molecule has 1 aliphatic rings. The van der Waals surface area contributed by atoms with Gasteiger partial charge in [-0.25, -0.2) is 0 Å². The van der Waals surface area contributed by atoms with Gasteiger partial charge in [0.2, 0.25) is 5.91 Å². The van der Waals surface area contributed by atoms with Crippen LogP contribution in [0.5, 0.6) is 5.75 Å². The number of alkyl halides is 1. The van der Waals surface area contributed by atoms with E-state index >= 15 is 0 Å². The van der Waals surface area contributed by atoms with Crippen LogP contribution < -0.4 is 5.32 Å². The van der Waals surface area contributed by atoms with Crippen molar-refractivity contribution in [3.8, 4) is 5.75 Å². The Bertz CT molecular complexity index is 847. The first-order valence-corrected chi connectivity index (χ1v) is 11.2. The zero-order valence-electron chi connectivity index (χ0n) is 16.5. The SMILES string of the molecule is CN(C)C=NS(=O)(=O)c1cc(C2(C)CCCCC2)cc(CNC(=O)CCl)c1O. The number of sulfonamides is 1. The molecule has 0 aromatic heterocycles. The minimum Gasteiger partial charge on any atom is -0.506 e. The predicted molar refractivity (Wildman–Crippen MR) is 110 cm³/mol. The summed E-state index contributed by atoms with van der Waals surface area (Å²) in [6, 6.07) is 3.31. The van der Waals surface area contributed by atoms with Crippen molar-refractivity contribution >= 4 is 33.9 Å². The molecule has 9 heteroatoms. The van der Waals surface area contributed by atoms with Gasteiger partial charge in [-0.05, 0) is 36.0 Å². The van der Waals surface area contributed by atoms with Crippen molar-refractivity contribution in [2.75, 3.05) is 20.0 Å². The van der Waals surface area contributed by atoms with Crippen LogP contribution in [0.1, 0.15) is 50.2 Å². The molecule has 0 heterocycles. The topological polar surface area (TPSA) is 99.1 Å². The van der Waals surface area contributed by atoms with Crippen molar-refractivity contribution in [2.45, 2.75) is 55.9 Å². The molecular formula is C19H28ClN3O4S. The Morgan fingerprint density at radius 2 is 1.96 bits per heavy atom. The first-order valence-electron chi connectivity index (χ1n) is 9.25. The van der Waals surface area contributed by atoms with Crippen molar-refractivity contribution in [1.82, 2.24) is 10.2 Å². The second kappa shape index (κ2) is 9.13. The van der Waals surface area contributed by atoms with E-state index in [1.165, 1.54) is 17.3 Å². The van der Waals surface area contributed by atoms with Crippen LogP contribution in [-0.4, -0.2) is 50.6 Å². The molecule has 0 atom stereocenters. The Labute approximate surface area is 171 Å². The lowest BCUT2D eigenvalue weighted by Gasteiger charge is -2.35. The Morgan fingerprint density at radius 3 is 2.54 bits per heavy atom. The molecule has 1 aromatic carbocycles. The lowest BCUT2D eigenvalue weighted by molar-refractivity contribution is -0.118. The molecular weight excluding hydrogens is 402 g/mol. The number of phenols is 1. The van der Waals surface area contributed by atoms with Crippen LogP contribution >= 0.6 is 11.6 Å². The van der Waals surface area contributed by atoms with Gasteiger partial charge < -0.3 is 15.3 Å². The third-order valence-corrected chi connectivity index (χ3v) is 6.58. The van der Waals surface area contributed by atoms with Crippen LogP contribution in [-0.2, 0) is 26.8 Å². The van der Waals surface area contributed by atoms with E-state index in [0.717, 1.165) is 37.7 Å². The minimum atomic E-state index is -4.10. The maximum absolute atomic E-state index is 12.8. The number of rotatable bonds is 7. The number of nitrogens with zero attached hydrogens (tertiary/aromatic N) is 2. The van der Waals surface area contributed by atoms with E-state index in [4.69, 9.17) is 11.6 Å². The maximum atomic E-state index is 12.8. The molecule has 1 fully saturated rings. The monoisotopic (exact) mass is 429 g/mol. The first kappa shape index (κ1) is 22.5. The molecule has 28 heavy (non-hydrogen) atoms. The van der Waals surface area contributed by atoms with Gasteiger partial charge in [0.25, 0.3) is 10.0 Å². The summed E-state index contributed by atoms with van der Waals surface area (Å²) in [7, 11) is -0.785. The molecule has 1 saturated carbocycles. The van der Waals surface area contributed by atoms with Crippen molar-refractivity contribution in [3.63, 3.8) is 0 Å².